The van der Waals surface area contributed by atoms with Crippen LogP contribution in [0.5, 0.6) is 11.5 Å². The van der Waals surface area contributed by atoms with Crippen molar-refractivity contribution in [2.24, 2.45) is 0 Å². The molecule has 0 bridgehead atoms. The van der Waals surface area contributed by atoms with Gasteiger partial charge in [0.2, 0.25) is 12.7 Å². The number of nitrogens with one attached hydrogen (secondary N) is 1. The van der Waals surface area contributed by atoms with Gasteiger partial charge in [-0.25, -0.2) is 4.98 Å². The van der Waals surface area contributed by atoms with E-state index in [4.69, 9.17) is 14.5 Å². The Balaban J connectivity index is 1.71. The van der Waals surface area contributed by atoms with Crippen molar-refractivity contribution in [2.75, 3.05) is 30.1 Å². The number of anilines is 2. The predicted octanol–water partition coefficient (Wildman–Crippen LogP) is 3.75. The molecule has 1 N–H and O–H groups in total. The summed E-state index contributed by atoms with van der Waals surface area (Å²) >= 11 is 0. The summed E-state index contributed by atoms with van der Waals surface area (Å²) in [5.41, 5.74) is 2.09. The van der Waals surface area contributed by atoms with E-state index in [2.05, 4.69) is 29.0 Å². The molecule has 1 aliphatic rings. The van der Waals surface area contributed by atoms with E-state index in [9.17, 15) is 0 Å². The minimum Gasteiger partial charge on any atom is -0.454 e. The highest BCUT2D eigenvalue weighted by atomic mass is 16.7. The molecule has 134 valence electrons. The molecule has 0 radical (unpaired) electrons. The molecule has 3 rings (SSSR count). The maximum absolute atomic E-state index is 5.43. The van der Waals surface area contributed by atoms with Gasteiger partial charge in [0, 0.05) is 31.4 Å². The van der Waals surface area contributed by atoms with Crippen molar-refractivity contribution in [3.8, 4) is 11.5 Å². The molecule has 0 atom stereocenters. The maximum atomic E-state index is 5.43. The molecule has 0 spiro atoms. The Morgan fingerprint density at radius 2 is 1.80 bits per heavy atom. The summed E-state index contributed by atoms with van der Waals surface area (Å²) in [5.74, 6) is 3.25. The van der Waals surface area contributed by atoms with Crippen LogP contribution in [0.1, 0.15) is 37.9 Å². The quantitative estimate of drug-likeness (QED) is 0.788. The van der Waals surface area contributed by atoms with Gasteiger partial charge in [-0.15, -0.1) is 0 Å². The van der Waals surface area contributed by atoms with Crippen molar-refractivity contribution in [3.63, 3.8) is 0 Å². The number of hydrogen-bond acceptors (Lipinski definition) is 6. The fraction of sp³-hybridized carbons (Fsp3) is 0.474. The van der Waals surface area contributed by atoms with E-state index in [1.165, 1.54) is 0 Å². The molecule has 0 aliphatic carbocycles. The van der Waals surface area contributed by atoms with Crippen LogP contribution >= 0.6 is 0 Å². The molecule has 0 saturated carbocycles. The molecule has 1 aliphatic heterocycles. The van der Waals surface area contributed by atoms with E-state index >= 15 is 0 Å². The molecule has 2 aromatic rings. The van der Waals surface area contributed by atoms with Gasteiger partial charge in [0.1, 0.15) is 5.82 Å². The van der Waals surface area contributed by atoms with Crippen molar-refractivity contribution in [1.82, 2.24) is 9.97 Å². The first kappa shape index (κ1) is 17.3. The average molecular weight is 342 g/mol. The number of hydrogen-bond donors (Lipinski definition) is 1. The topological polar surface area (TPSA) is 59.5 Å². The van der Waals surface area contributed by atoms with Gasteiger partial charge in [-0.05, 0) is 37.5 Å². The zero-order chi connectivity index (χ0) is 17.6. The SMILES string of the molecule is CCCN(CCC)c1nc(C)cc(NCc2ccc3c(c2)OCO3)n1. The highest BCUT2D eigenvalue weighted by molar-refractivity contribution is 5.47. The lowest BCUT2D eigenvalue weighted by Gasteiger charge is -2.22. The third-order valence-electron chi connectivity index (χ3n) is 4.02. The van der Waals surface area contributed by atoms with Crippen LogP contribution in [-0.2, 0) is 6.54 Å². The van der Waals surface area contributed by atoms with E-state index in [1.807, 2.05) is 31.2 Å². The van der Waals surface area contributed by atoms with Gasteiger partial charge in [-0.3, -0.25) is 0 Å². The number of rotatable bonds is 8. The molecule has 2 heterocycles. The summed E-state index contributed by atoms with van der Waals surface area (Å²) in [6, 6.07) is 7.97. The number of fused-ring (bicyclic) bond motifs is 1. The third-order valence-corrected chi connectivity index (χ3v) is 4.02. The number of benzene rings is 1. The average Bonchev–Trinajstić information content (AvgIpc) is 3.07. The Kier molecular flexibility index (Phi) is 5.58. The summed E-state index contributed by atoms with van der Waals surface area (Å²) in [7, 11) is 0. The second kappa shape index (κ2) is 8.05. The molecular weight excluding hydrogens is 316 g/mol. The summed E-state index contributed by atoms with van der Waals surface area (Å²) in [6.45, 7) is 9.28. The minimum atomic E-state index is 0.297. The Morgan fingerprint density at radius 3 is 2.56 bits per heavy atom. The number of ether oxygens (including phenoxy) is 2. The van der Waals surface area contributed by atoms with Crippen molar-refractivity contribution in [2.45, 2.75) is 40.2 Å². The minimum absolute atomic E-state index is 0.297. The van der Waals surface area contributed by atoms with Crippen LogP contribution in [0.4, 0.5) is 11.8 Å². The molecule has 0 unspecified atom stereocenters. The van der Waals surface area contributed by atoms with Crippen LogP contribution in [0.15, 0.2) is 24.3 Å². The van der Waals surface area contributed by atoms with E-state index in [0.29, 0.717) is 13.3 Å². The van der Waals surface area contributed by atoms with Crippen LogP contribution in [-0.4, -0.2) is 29.9 Å². The fourth-order valence-electron chi connectivity index (χ4n) is 2.88. The Hall–Kier alpha value is -2.50. The molecule has 0 fully saturated rings. The zero-order valence-electron chi connectivity index (χ0n) is 15.2. The largest absolute Gasteiger partial charge is 0.454 e. The first-order chi connectivity index (χ1) is 12.2. The van der Waals surface area contributed by atoms with Crippen LogP contribution in [0, 0.1) is 6.92 Å². The second-order valence-electron chi connectivity index (χ2n) is 6.22. The lowest BCUT2D eigenvalue weighted by Crippen LogP contribution is -2.27. The van der Waals surface area contributed by atoms with Gasteiger partial charge in [0.05, 0.1) is 0 Å². The highest BCUT2D eigenvalue weighted by Crippen LogP contribution is 2.32. The lowest BCUT2D eigenvalue weighted by atomic mass is 10.2. The van der Waals surface area contributed by atoms with Gasteiger partial charge >= 0.3 is 0 Å². The normalized spacial score (nSPS) is 12.3. The predicted molar refractivity (Wildman–Crippen MR) is 99.5 cm³/mol. The Labute approximate surface area is 149 Å². The molecule has 25 heavy (non-hydrogen) atoms. The van der Waals surface area contributed by atoms with Crippen LogP contribution in [0.3, 0.4) is 0 Å². The molecule has 6 heteroatoms. The molecule has 1 aromatic heterocycles. The van der Waals surface area contributed by atoms with Gasteiger partial charge in [-0.2, -0.15) is 4.98 Å². The Bertz CT molecular complexity index is 715. The molecule has 0 saturated heterocycles. The van der Waals surface area contributed by atoms with Gasteiger partial charge in [0.15, 0.2) is 11.5 Å². The monoisotopic (exact) mass is 342 g/mol. The first-order valence-electron chi connectivity index (χ1n) is 8.92. The number of aryl methyl sites for hydroxylation is 1. The maximum Gasteiger partial charge on any atom is 0.231 e. The lowest BCUT2D eigenvalue weighted by molar-refractivity contribution is 0.174. The van der Waals surface area contributed by atoms with Gasteiger partial charge in [0.25, 0.3) is 0 Å². The van der Waals surface area contributed by atoms with Crippen molar-refractivity contribution in [3.05, 3.63) is 35.5 Å². The van der Waals surface area contributed by atoms with Gasteiger partial charge in [-0.1, -0.05) is 19.9 Å². The van der Waals surface area contributed by atoms with E-state index in [0.717, 1.165) is 60.5 Å². The second-order valence-corrected chi connectivity index (χ2v) is 6.22. The first-order valence-corrected chi connectivity index (χ1v) is 8.92. The molecular formula is C19H26N4O2. The standard InChI is InChI=1S/C19H26N4O2/c1-4-8-23(9-5-2)19-21-14(3)10-18(22-19)20-12-15-6-7-16-17(11-15)25-13-24-16/h6-7,10-11H,4-5,8-9,12-13H2,1-3H3,(H,20,21,22). The van der Waals surface area contributed by atoms with Crippen molar-refractivity contribution < 1.29 is 9.47 Å². The van der Waals surface area contributed by atoms with Crippen LogP contribution < -0.4 is 19.7 Å². The number of nitrogens with zero attached hydrogens (tertiary/aromatic N) is 3. The van der Waals surface area contributed by atoms with Crippen LogP contribution in [0.2, 0.25) is 0 Å². The summed E-state index contributed by atoms with van der Waals surface area (Å²) in [6.07, 6.45) is 2.16. The zero-order valence-corrected chi connectivity index (χ0v) is 15.2. The van der Waals surface area contributed by atoms with Crippen LogP contribution in [0.25, 0.3) is 0 Å². The fourth-order valence-corrected chi connectivity index (χ4v) is 2.88. The molecule has 0 amide bonds. The Morgan fingerprint density at radius 1 is 1.04 bits per heavy atom. The summed E-state index contributed by atoms with van der Waals surface area (Å²) in [5, 5.41) is 3.40. The van der Waals surface area contributed by atoms with Crippen molar-refractivity contribution in [1.29, 1.82) is 0 Å². The smallest absolute Gasteiger partial charge is 0.231 e. The summed E-state index contributed by atoms with van der Waals surface area (Å²) in [4.78, 5) is 11.6. The number of aromatic nitrogens is 2. The summed E-state index contributed by atoms with van der Waals surface area (Å²) < 4.78 is 10.8. The van der Waals surface area contributed by atoms with E-state index < -0.39 is 0 Å². The van der Waals surface area contributed by atoms with E-state index in [1.54, 1.807) is 0 Å². The van der Waals surface area contributed by atoms with Gasteiger partial charge < -0.3 is 19.7 Å². The molecule has 1 aromatic carbocycles. The highest BCUT2D eigenvalue weighted by Gasteiger charge is 2.14. The molecule has 6 nitrogen and oxygen atoms in total. The van der Waals surface area contributed by atoms with Crippen molar-refractivity contribution >= 4 is 11.8 Å². The van der Waals surface area contributed by atoms with E-state index in [-0.39, 0.29) is 0 Å². The third kappa shape index (κ3) is 4.32.